The van der Waals surface area contributed by atoms with Gasteiger partial charge in [0.15, 0.2) is 0 Å². The zero-order valence-corrected chi connectivity index (χ0v) is 11.6. The summed E-state index contributed by atoms with van der Waals surface area (Å²) in [7, 11) is 1.68. The normalized spacial score (nSPS) is 20.5. The molecular formula is C15H17ClN2O. The second-order valence-electron chi connectivity index (χ2n) is 4.71. The van der Waals surface area contributed by atoms with Gasteiger partial charge in [-0.1, -0.05) is 18.2 Å². The molecule has 2 N–H and O–H groups in total. The second kappa shape index (κ2) is 5.59. The predicted octanol–water partition coefficient (Wildman–Crippen LogP) is 2.99. The molecule has 19 heavy (non-hydrogen) atoms. The molecule has 1 aromatic heterocycles. The van der Waals surface area contributed by atoms with Crippen molar-refractivity contribution in [2.45, 2.75) is 18.4 Å². The number of ether oxygens (including phenoxy) is 1. The lowest BCUT2D eigenvalue weighted by Gasteiger charge is -2.05. The van der Waals surface area contributed by atoms with Gasteiger partial charge in [-0.3, -0.25) is 4.98 Å². The van der Waals surface area contributed by atoms with Crippen LogP contribution in [-0.2, 0) is 0 Å². The summed E-state index contributed by atoms with van der Waals surface area (Å²) in [4.78, 5) is 4.50. The van der Waals surface area contributed by atoms with Crippen LogP contribution in [-0.4, -0.2) is 18.1 Å². The Morgan fingerprint density at radius 3 is 2.58 bits per heavy atom. The van der Waals surface area contributed by atoms with E-state index in [2.05, 4.69) is 23.2 Å². The summed E-state index contributed by atoms with van der Waals surface area (Å²) in [6.07, 6.45) is 2.97. The highest BCUT2D eigenvalue weighted by Gasteiger charge is 2.35. The molecule has 0 spiro atoms. The smallest absolute Gasteiger partial charge is 0.119 e. The maximum absolute atomic E-state index is 5.83. The van der Waals surface area contributed by atoms with Gasteiger partial charge in [0.1, 0.15) is 5.75 Å². The van der Waals surface area contributed by atoms with Gasteiger partial charge in [0.25, 0.3) is 0 Å². The van der Waals surface area contributed by atoms with E-state index in [4.69, 9.17) is 10.5 Å². The second-order valence-corrected chi connectivity index (χ2v) is 4.71. The van der Waals surface area contributed by atoms with Crippen LogP contribution in [0.2, 0.25) is 0 Å². The van der Waals surface area contributed by atoms with E-state index >= 15 is 0 Å². The molecule has 3 rings (SSSR count). The van der Waals surface area contributed by atoms with Gasteiger partial charge in [-0.2, -0.15) is 0 Å². The number of rotatable bonds is 3. The number of benzene rings is 1. The maximum Gasteiger partial charge on any atom is 0.119 e. The number of aromatic nitrogens is 1. The molecule has 1 heterocycles. The highest BCUT2D eigenvalue weighted by molar-refractivity contribution is 5.85. The third kappa shape index (κ3) is 2.88. The summed E-state index contributed by atoms with van der Waals surface area (Å²) in [6, 6.07) is 12.5. The lowest BCUT2D eigenvalue weighted by Crippen LogP contribution is -2.01. The molecule has 0 unspecified atom stereocenters. The van der Waals surface area contributed by atoms with Crippen LogP contribution in [0.15, 0.2) is 42.6 Å². The molecule has 3 nitrogen and oxygen atoms in total. The van der Waals surface area contributed by atoms with Crippen LogP contribution in [0.3, 0.4) is 0 Å². The van der Waals surface area contributed by atoms with Crippen LogP contribution < -0.4 is 10.5 Å². The Balaban J connectivity index is 0.00000133. The summed E-state index contributed by atoms with van der Waals surface area (Å²) in [6.45, 7) is 0. The molecule has 0 bridgehead atoms. The van der Waals surface area contributed by atoms with Crippen LogP contribution in [0.25, 0.3) is 11.1 Å². The van der Waals surface area contributed by atoms with Gasteiger partial charge in [-0.05, 0) is 30.2 Å². The Morgan fingerprint density at radius 1 is 1.21 bits per heavy atom. The van der Waals surface area contributed by atoms with Gasteiger partial charge in [-0.15, -0.1) is 12.4 Å². The largest absolute Gasteiger partial charge is 0.497 e. The van der Waals surface area contributed by atoms with Crippen LogP contribution in [0.5, 0.6) is 5.75 Å². The highest BCUT2D eigenvalue weighted by Crippen LogP contribution is 2.38. The fraction of sp³-hybridized carbons (Fsp3) is 0.267. The van der Waals surface area contributed by atoms with E-state index in [0.717, 1.165) is 29.0 Å². The molecular weight excluding hydrogens is 260 g/mol. The van der Waals surface area contributed by atoms with Gasteiger partial charge in [-0.25, -0.2) is 0 Å². The van der Waals surface area contributed by atoms with E-state index in [9.17, 15) is 0 Å². The zero-order valence-electron chi connectivity index (χ0n) is 10.7. The molecule has 1 aliphatic carbocycles. The fourth-order valence-corrected chi connectivity index (χ4v) is 2.15. The summed E-state index contributed by atoms with van der Waals surface area (Å²) in [5.74, 6) is 1.32. The minimum absolute atomic E-state index is 0. The van der Waals surface area contributed by atoms with Crippen LogP contribution in [0, 0.1) is 0 Å². The zero-order chi connectivity index (χ0) is 12.5. The van der Waals surface area contributed by atoms with Crippen molar-refractivity contribution in [1.29, 1.82) is 0 Å². The van der Waals surface area contributed by atoms with Crippen molar-refractivity contribution in [3.05, 3.63) is 48.3 Å². The van der Waals surface area contributed by atoms with Crippen molar-refractivity contribution in [3.8, 4) is 16.9 Å². The summed E-state index contributed by atoms with van der Waals surface area (Å²) < 4.78 is 5.23. The van der Waals surface area contributed by atoms with E-state index in [0.29, 0.717) is 12.0 Å². The Bertz CT molecular complexity index is 556. The van der Waals surface area contributed by atoms with Crippen molar-refractivity contribution >= 4 is 12.4 Å². The molecule has 2 atom stereocenters. The summed E-state index contributed by atoms with van der Waals surface area (Å²) >= 11 is 0. The molecule has 2 aromatic rings. The lowest BCUT2D eigenvalue weighted by molar-refractivity contribution is 0.415. The molecule has 100 valence electrons. The predicted molar refractivity (Wildman–Crippen MR) is 78.8 cm³/mol. The van der Waals surface area contributed by atoms with E-state index < -0.39 is 0 Å². The Kier molecular flexibility index (Phi) is 4.08. The maximum atomic E-state index is 5.83. The monoisotopic (exact) mass is 276 g/mol. The quantitative estimate of drug-likeness (QED) is 0.937. The van der Waals surface area contributed by atoms with Crippen LogP contribution in [0.1, 0.15) is 18.0 Å². The summed E-state index contributed by atoms with van der Waals surface area (Å²) in [5, 5.41) is 0. The minimum atomic E-state index is 0. The molecule has 0 amide bonds. The first-order chi connectivity index (χ1) is 8.78. The Hall–Kier alpha value is -1.58. The van der Waals surface area contributed by atoms with Crippen molar-refractivity contribution in [3.63, 3.8) is 0 Å². The van der Waals surface area contributed by atoms with Gasteiger partial charge in [0.05, 0.1) is 7.11 Å². The molecule has 4 heteroatoms. The van der Waals surface area contributed by atoms with Crippen molar-refractivity contribution in [2.75, 3.05) is 7.11 Å². The number of halogens is 1. The first-order valence-electron chi connectivity index (χ1n) is 6.14. The molecule has 1 aromatic carbocycles. The average Bonchev–Trinajstić information content (AvgIpc) is 3.16. The molecule has 1 fully saturated rings. The minimum Gasteiger partial charge on any atom is -0.497 e. The SMILES string of the molecule is COc1cccc(-c2ccc([C@@H]3C[C@H]3N)nc2)c1.Cl. The van der Waals surface area contributed by atoms with Crippen molar-refractivity contribution in [1.82, 2.24) is 4.98 Å². The first kappa shape index (κ1) is 13.8. The summed E-state index contributed by atoms with van der Waals surface area (Å²) in [5.41, 5.74) is 9.16. The van der Waals surface area contributed by atoms with Gasteiger partial charge >= 0.3 is 0 Å². The molecule has 0 radical (unpaired) electrons. The van der Waals surface area contributed by atoms with Crippen molar-refractivity contribution in [2.24, 2.45) is 5.73 Å². The van der Waals surface area contributed by atoms with Gasteiger partial charge in [0.2, 0.25) is 0 Å². The molecule has 0 saturated heterocycles. The standard InChI is InChI=1S/C15H16N2O.ClH/c1-18-12-4-2-3-10(7-12)11-5-6-15(17-9-11)13-8-14(13)16;/h2-7,9,13-14H,8,16H2,1H3;1H/t13-,14-;/m1./s1. The highest BCUT2D eigenvalue weighted by atomic mass is 35.5. The van der Waals surface area contributed by atoms with Gasteiger partial charge in [0, 0.05) is 29.4 Å². The number of pyridine rings is 1. The van der Waals surface area contributed by atoms with Crippen LogP contribution >= 0.6 is 12.4 Å². The fourth-order valence-electron chi connectivity index (χ4n) is 2.15. The molecule has 1 aliphatic rings. The average molecular weight is 277 g/mol. The third-order valence-electron chi connectivity index (χ3n) is 3.41. The van der Waals surface area contributed by atoms with Crippen molar-refractivity contribution < 1.29 is 4.74 Å². The van der Waals surface area contributed by atoms with Gasteiger partial charge < -0.3 is 10.5 Å². The van der Waals surface area contributed by atoms with E-state index in [1.807, 2.05) is 24.4 Å². The number of hydrogen-bond acceptors (Lipinski definition) is 3. The first-order valence-corrected chi connectivity index (χ1v) is 6.14. The van der Waals surface area contributed by atoms with E-state index in [1.54, 1.807) is 7.11 Å². The number of hydrogen-bond donors (Lipinski definition) is 1. The molecule has 0 aliphatic heterocycles. The van der Waals surface area contributed by atoms with Crippen LogP contribution in [0.4, 0.5) is 0 Å². The number of nitrogens with two attached hydrogens (primary N) is 1. The Labute approximate surface area is 119 Å². The van der Waals surface area contributed by atoms with E-state index in [1.165, 1.54) is 0 Å². The number of methoxy groups -OCH3 is 1. The topological polar surface area (TPSA) is 48.1 Å². The Morgan fingerprint density at radius 2 is 2.00 bits per heavy atom. The van der Waals surface area contributed by atoms with E-state index in [-0.39, 0.29) is 12.4 Å². The number of nitrogens with zero attached hydrogens (tertiary/aromatic N) is 1. The lowest BCUT2D eigenvalue weighted by atomic mass is 10.1. The molecule has 1 saturated carbocycles. The third-order valence-corrected chi connectivity index (χ3v) is 3.41.